The molecule has 0 saturated carbocycles. The number of hydrogen-bond acceptors (Lipinski definition) is 1. The van der Waals surface area contributed by atoms with E-state index in [0.29, 0.717) is 0 Å². The second-order valence-corrected chi connectivity index (χ2v) is 4.05. The van der Waals surface area contributed by atoms with E-state index >= 15 is 0 Å². The minimum Gasteiger partial charge on any atom is -0.312 e. The van der Waals surface area contributed by atoms with Crippen molar-refractivity contribution < 1.29 is 0 Å². The van der Waals surface area contributed by atoms with Crippen molar-refractivity contribution in [3.8, 4) is 12.3 Å². The fraction of sp³-hybridized carbons (Fsp3) is 0.273. The fourth-order valence-corrected chi connectivity index (χ4v) is 1.56. The quantitative estimate of drug-likeness (QED) is 0.665. The average molecular weight is 285 g/mol. The van der Waals surface area contributed by atoms with Crippen LogP contribution in [0.25, 0.3) is 0 Å². The van der Waals surface area contributed by atoms with Gasteiger partial charge in [-0.2, -0.15) is 0 Å². The molecule has 68 valence electrons. The van der Waals surface area contributed by atoms with E-state index in [1.54, 1.807) is 0 Å². The molecule has 0 amide bonds. The lowest BCUT2D eigenvalue weighted by Crippen LogP contribution is -2.15. The predicted molar refractivity (Wildman–Crippen MR) is 64.4 cm³/mol. The fourth-order valence-electron chi connectivity index (χ4n) is 1.20. The maximum atomic E-state index is 5.28. The lowest BCUT2D eigenvalue weighted by molar-refractivity contribution is 0.611. The third-order valence-corrected chi connectivity index (χ3v) is 2.66. The van der Waals surface area contributed by atoms with Crippen LogP contribution in [0, 0.1) is 15.9 Å². The Kier molecular flexibility index (Phi) is 4.26. The van der Waals surface area contributed by atoms with E-state index in [2.05, 4.69) is 58.1 Å². The number of terminal acetylenes is 1. The van der Waals surface area contributed by atoms with Crippen LogP contribution < -0.4 is 5.32 Å². The highest BCUT2D eigenvalue weighted by Gasteiger charge is 2.05. The molecule has 0 aromatic heterocycles. The van der Waals surface area contributed by atoms with Crippen LogP contribution in [-0.2, 0) is 0 Å². The molecule has 0 aliphatic heterocycles. The zero-order valence-electron chi connectivity index (χ0n) is 7.55. The molecular formula is C11H12IN. The summed E-state index contributed by atoms with van der Waals surface area (Å²) < 4.78 is 1.25. The Morgan fingerprint density at radius 3 is 2.54 bits per heavy atom. The second-order valence-electron chi connectivity index (χ2n) is 2.80. The SMILES string of the molecule is C#CCC(NC)c1ccc(I)cc1. The Hall–Kier alpha value is -0.530. The summed E-state index contributed by atoms with van der Waals surface area (Å²) in [5.41, 5.74) is 1.25. The molecule has 1 atom stereocenters. The molecule has 0 fully saturated rings. The summed E-state index contributed by atoms with van der Waals surface area (Å²) in [7, 11) is 1.93. The van der Waals surface area contributed by atoms with Crippen molar-refractivity contribution in [2.24, 2.45) is 0 Å². The van der Waals surface area contributed by atoms with Crippen LogP contribution in [0.1, 0.15) is 18.0 Å². The number of hydrogen-bond donors (Lipinski definition) is 1. The molecular weight excluding hydrogens is 273 g/mol. The van der Waals surface area contributed by atoms with E-state index in [9.17, 15) is 0 Å². The van der Waals surface area contributed by atoms with Gasteiger partial charge in [0, 0.05) is 16.0 Å². The summed E-state index contributed by atoms with van der Waals surface area (Å²) in [5, 5.41) is 3.19. The maximum Gasteiger partial charge on any atom is 0.0428 e. The zero-order valence-corrected chi connectivity index (χ0v) is 9.71. The first-order valence-electron chi connectivity index (χ1n) is 4.14. The summed E-state index contributed by atoms with van der Waals surface area (Å²) in [6, 6.07) is 8.69. The van der Waals surface area contributed by atoms with Gasteiger partial charge in [-0.3, -0.25) is 0 Å². The molecule has 0 heterocycles. The van der Waals surface area contributed by atoms with Crippen LogP contribution in [0.15, 0.2) is 24.3 Å². The number of rotatable bonds is 3. The lowest BCUT2D eigenvalue weighted by atomic mass is 10.0. The van der Waals surface area contributed by atoms with Crippen molar-refractivity contribution >= 4 is 22.6 Å². The van der Waals surface area contributed by atoms with Crippen LogP contribution in [0.4, 0.5) is 0 Å². The molecule has 13 heavy (non-hydrogen) atoms. The van der Waals surface area contributed by atoms with Gasteiger partial charge in [-0.25, -0.2) is 0 Å². The molecule has 2 heteroatoms. The summed E-state index contributed by atoms with van der Waals surface area (Å²) in [5.74, 6) is 2.67. The smallest absolute Gasteiger partial charge is 0.0428 e. The lowest BCUT2D eigenvalue weighted by Gasteiger charge is -2.13. The van der Waals surface area contributed by atoms with Gasteiger partial charge < -0.3 is 5.32 Å². The standard InChI is InChI=1S/C11H12IN/c1-3-4-11(13-2)9-5-7-10(12)8-6-9/h1,5-8,11,13H,4H2,2H3. The highest BCUT2D eigenvalue weighted by atomic mass is 127. The van der Waals surface area contributed by atoms with Crippen LogP contribution in [0.2, 0.25) is 0 Å². The van der Waals surface area contributed by atoms with Crippen molar-refractivity contribution in [3.63, 3.8) is 0 Å². The Morgan fingerprint density at radius 2 is 2.08 bits per heavy atom. The predicted octanol–water partition coefficient (Wildman–Crippen LogP) is 2.58. The van der Waals surface area contributed by atoms with Crippen molar-refractivity contribution in [2.75, 3.05) is 7.05 Å². The third-order valence-electron chi connectivity index (χ3n) is 1.94. The third kappa shape index (κ3) is 3.02. The average Bonchev–Trinajstić information content (AvgIpc) is 2.16. The molecule has 0 bridgehead atoms. The van der Waals surface area contributed by atoms with E-state index in [-0.39, 0.29) is 6.04 Å². The summed E-state index contributed by atoms with van der Waals surface area (Å²) in [6.07, 6.45) is 6.01. The zero-order chi connectivity index (χ0) is 9.68. The van der Waals surface area contributed by atoms with Crippen molar-refractivity contribution in [1.82, 2.24) is 5.32 Å². The van der Waals surface area contributed by atoms with Gasteiger partial charge >= 0.3 is 0 Å². The Balaban J connectivity index is 2.80. The van der Waals surface area contributed by atoms with Crippen molar-refractivity contribution in [2.45, 2.75) is 12.5 Å². The molecule has 1 aromatic rings. The normalized spacial score (nSPS) is 12.1. The van der Waals surface area contributed by atoms with Gasteiger partial charge in [0.1, 0.15) is 0 Å². The van der Waals surface area contributed by atoms with E-state index in [0.717, 1.165) is 6.42 Å². The van der Waals surface area contributed by atoms with Crippen LogP contribution in [0.5, 0.6) is 0 Å². The van der Waals surface area contributed by atoms with E-state index < -0.39 is 0 Å². The first-order valence-corrected chi connectivity index (χ1v) is 5.22. The minimum absolute atomic E-state index is 0.280. The van der Waals surface area contributed by atoms with Gasteiger partial charge in [0.05, 0.1) is 0 Å². The van der Waals surface area contributed by atoms with Crippen LogP contribution in [0.3, 0.4) is 0 Å². The highest BCUT2D eigenvalue weighted by Crippen LogP contribution is 2.16. The van der Waals surface area contributed by atoms with Gasteiger partial charge in [-0.05, 0) is 47.3 Å². The molecule has 1 unspecified atom stereocenters. The molecule has 0 aliphatic carbocycles. The Labute approximate surface area is 93.1 Å². The molecule has 1 rings (SSSR count). The summed E-state index contributed by atoms with van der Waals surface area (Å²) in [6.45, 7) is 0. The van der Waals surface area contributed by atoms with Gasteiger partial charge in [-0.15, -0.1) is 12.3 Å². The monoisotopic (exact) mass is 285 g/mol. The van der Waals surface area contributed by atoms with Crippen molar-refractivity contribution in [3.05, 3.63) is 33.4 Å². The highest BCUT2D eigenvalue weighted by molar-refractivity contribution is 14.1. The number of nitrogens with one attached hydrogen (secondary N) is 1. The Morgan fingerprint density at radius 1 is 1.46 bits per heavy atom. The second kappa shape index (κ2) is 5.25. The first-order chi connectivity index (χ1) is 6.27. The van der Waals surface area contributed by atoms with E-state index in [1.807, 2.05) is 7.05 Å². The number of halogens is 1. The van der Waals surface area contributed by atoms with E-state index in [4.69, 9.17) is 6.42 Å². The maximum absolute atomic E-state index is 5.28. The van der Waals surface area contributed by atoms with Gasteiger partial charge in [0.25, 0.3) is 0 Å². The molecule has 0 saturated heterocycles. The largest absolute Gasteiger partial charge is 0.312 e. The summed E-state index contributed by atoms with van der Waals surface area (Å²) in [4.78, 5) is 0. The van der Waals surface area contributed by atoms with Gasteiger partial charge in [0.2, 0.25) is 0 Å². The van der Waals surface area contributed by atoms with Gasteiger partial charge in [0.15, 0.2) is 0 Å². The molecule has 0 aliphatic rings. The molecule has 1 N–H and O–H groups in total. The van der Waals surface area contributed by atoms with Crippen molar-refractivity contribution in [1.29, 1.82) is 0 Å². The topological polar surface area (TPSA) is 12.0 Å². The van der Waals surface area contributed by atoms with Crippen LogP contribution >= 0.6 is 22.6 Å². The molecule has 1 aromatic carbocycles. The number of benzene rings is 1. The molecule has 1 nitrogen and oxygen atoms in total. The summed E-state index contributed by atoms with van der Waals surface area (Å²) >= 11 is 2.29. The van der Waals surface area contributed by atoms with E-state index in [1.165, 1.54) is 9.13 Å². The van der Waals surface area contributed by atoms with Crippen LogP contribution in [-0.4, -0.2) is 7.05 Å². The molecule has 0 radical (unpaired) electrons. The minimum atomic E-state index is 0.280. The van der Waals surface area contributed by atoms with Gasteiger partial charge in [-0.1, -0.05) is 12.1 Å². The first kappa shape index (κ1) is 10.6. The Bertz CT molecular complexity index is 297. The molecule has 0 spiro atoms.